The highest BCUT2D eigenvalue weighted by Gasteiger charge is 2.08. The lowest BCUT2D eigenvalue weighted by Crippen LogP contribution is -2.04. The number of nitrogens with zero attached hydrogens (tertiary/aromatic N) is 2. The molecule has 1 aromatic heterocycles. The summed E-state index contributed by atoms with van der Waals surface area (Å²) in [4.78, 5) is 4.59. The molecule has 0 aliphatic rings. The van der Waals surface area contributed by atoms with E-state index in [1.807, 2.05) is 49.5 Å². The Hall–Kier alpha value is -1.56. The van der Waals surface area contributed by atoms with Gasteiger partial charge >= 0.3 is 0 Å². The minimum atomic E-state index is 0.477. The van der Waals surface area contributed by atoms with Gasteiger partial charge in [-0.05, 0) is 46.9 Å². The zero-order valence-corrected chi connectivity index (χ0v) is 12.7. The molecule has 0 saturated heterocycles. The normalized spacial score (nSPS) is 10.8. The molecule has 0 aliphatic carbocycles. The number of imidazole rings is 1. The van der Waals surface area contributed by atoms with Crippen LogP contribution in [-0.2, 0) is 13.7 Å². The van der Waals surface area contributed by atoms with Gasteiger partial charge in [0.05, 0.1) is 14.6 Å². The molecule has 0 spiro atoms. The van der Waals surface area contributed by atoms with E-state index in [0.29, 0.717) is 6.61 Å². The molecule has 0 unspecified atom stereocenters. The average Bonchev–Trinajstić information content (AvgIpc) is 2.75. The van der Waals surface area contributed by atoms with Crippen LogP contribution in [0.1, 0.15) is 5.82 Å². The first kappa shape index (κ1) is 12.5. The van der Waals surface area contributed by atoms with Crippen molar-refractivity contribution in [2.75, 3.05) is 0 Å². The molecule has 0 aliphatic heterocycles. The number of hydrogen-bond acceptors (Lipinski definition) is 2. The van der Waals surface area contributed by atoms with Gasteiger partial charge in [-0.1, -0.05) is 24.3 Å². The Morgan fingerprint density at radius 2 is 1.84 bits per heavy atom. The van der Waals surface area contributed by atoms with E-state index in [4.69, 9.17) is 4.74 Å². The van der Waals surface area contributed by atoms with Crippen LogP contribution >= 0.6 is 22.6 Å². The summed E-state index contributed by atoms with van der Waals surface area (Å²) in [5, 5.41) is 0. The molecule has 1 heterocycles. The fraction of sp³-hybridized carbons (Fsp3) is 0.133. The molecule has 96 valence electrons. The van der Waals surface area contributed by atoms with Gasteiger partial charge in [0.1, 0.15) is 18.2 Å². The SMILES string of the molecule is Cn1c(COc2ccccc2I)nc2ccccc21. The molecule has 4 heteroatoms. The predicted octanol–water partition coefficient (Wildman–Crippen LogP) is 3.76. The fourth-order valence-corrected chi connectivity index (χ4v) is 2.57. The molecule has 0 radical (unpaired) electrons. The summed E-state index contributed by atoms with van der Waals surface area (Å²) >= 11 is 2.27. The molecule has 19 heavy (non-hydrogen) atoms. The predicted molar refractivity (Wildman–Crippen MR) is 84.2 cm³/mol. The van der Waals surface area contributed by atoms with E-state index < -0.39 is 0 Å². The molecule has 0 bridgehead atoms. The van der Waals surface area contributed by atoms with E-state index in [2.05, 4.69) is 38.2 Å². The molecule has 2 aromatic carbocycles. The van der Waals surface area contributed by atoms with Crippen LogP contribution in [0, 0.1) is 3.57 Å². The lowest BCUT2D eigenvalue weighted by atomic mass is 10.3. The zero-order valence-electron chi connectivity index (χ0n) is 10.5. The average molecular weight is 364 g/mol. The van der Waals surface area contributed by atoms with Crippen molar-refractivity contribution in [3.63, 3.8) is 0 Å². The number of rotatable bonds is 3. The summed E-state index contributed by atoms with van der Waals surface area (Å²) < 4.78 is 9.03. The van der Waals surface area contributed by atoms with Crippen LogP contribution in [0.4, 0.5) is 0 Å². The second-order valence-corrected chi connectivity index (χ2v) is 5.46. The van der Waals surface area contributed by atoms with Gasteiger partial charge in [0.25, 0.3) is 0 Å². The van der Waals surface area contributed by atoms with Crippen molar-refractivity contribution in [1.29, 1.82) is 0 Å². The highest BCUT2D eigenvalue weighted by atomic mass is 127. The van der Waals surface area contributed by atoms with Gasteiger partial charge < -0.3 is 9.30 Å². The van der Waals surface area contributed by atoms with E-state index in [1.165, 1.54) is 0 Å². The van der Waals surface area contributed by atoms with E-state index >= 15 is 0 Å². The van der Waals surface area contributed by atoms with Gasteiger partial charge in [-0.25, -0.2) is 4.98 Å². The van der Waals surface area contributed by atoms with Crippen molar-refractivity contribution in [1.82, 2.24) is 9.55 Å². The summed E-state index contributed by atoms with van der Waals surface area (Å²) in [6, 6.07) is 16.1. The first-order valence-electron chi connectivity index (χ1n) is 6.03. The van der Waals surface area contributed by atoms with Crippen molar-refractivity contribution in [2.45, 2.75) is 6.61 Å². The van der Waals surface area contributed by atoms with Crippen LogP contribution in [0.5, 0.6) is 5.75 Å². The number of para-hydroxylation sites is 3. The standard InChI is InChI=1S/C15H13IN2O/c1-18-13-8-4-3-7-12(13)17-15(18)10-19-14-9-5-2-6-11(14)16/h2-9H,10H2,1H3. The third kappa shape index (κ3) is 2.45. The quantitative estimate of drug-likeness (QED) is 0.662. The third-order valence-electron chi connectivity index (χ3n) is 3.07. The van der Waals surface area contributed by atoms with Crippen molar-refractivity contribution >= 4 is 33.6 Å². The van der Waals surface area contributed by atoms with Crippen molar-refractivity contribution in [3.8, 4) is 5.75 Å². The Morgan fingerprint density at radius 1 is 1.11 bits per heavy atom. The van der Waals surface area contributed by atoms with Crippen molar-refractivity contribution in [2.24, 2.45) is 7.05 Å². The molecule has 3 aromatic rings. The summed E-state index contributed by atoms with van der Waals surface area (Å²) in [7, 11) is 2.02. The topological polar surface area (TPSA) is 27.1 Å². The lowest BCUT2D eigenvalue weighted by molar-refractivity contribution is 0.290. The van der Waals surface area contributed by atoms with Crippen LogP contribution in [0.15, 0.2) is 48.5 Å². The summed E-state index contributed by atoms with van der Waals surface area (Å²) in [6.45, 7) is 0.477. The van der Waals surface area contributed by atoms with Crippen LogP contribution < -0.4 is 4.74 Å². The maximum absolute atomic E-state index is 5.84. The second-order valence-electron chi connectivity index (χ2n) is 4.29. The second kappa shape index (κ2) is 5.21. The van der Waals surface area contributed by atoms with Gasteiger partial charge in [-0.2, -0.15) is 0 Å². The number of halogens is 1. The number of fused-ring (bicyclic) bond motifs is 1. The van der Waals surface area contributed by atoms with Crippen LogP contribution in [0.2, 0.25) is 0 Å². The Labute approximate surface area is 125 Å². The molecule has 0 amide bonds. The number of benzene rings is 2. The molecule has 3 rings (SSSR count). The maximum Gasteiger partial charge on any atom is 0.147 e. The first-order chi connectivity index (χ1) is 9.25. The largest absolute Gasteiger partial charge is 0.485 e. The van der Waals surface area contributed by atoms with Crippen molar-refractivity contribution in [3.05, 3.63) is 57.9 Å². The van der Waals surface area contributed by atoms with Crippen molar-refractivity contribution < 1.29 is 4.74 Å². The fourth-order valence-electron chi connectivity index (χ4n) is 2.03. The van der Waals surface area contributed by atoms with Crippen LogP contribution in [0.3, 0.4) is 0 Å². The number of aromatic nitrogens is 2. The van der Waals surface area contributed by atoms with E-state index in [0.717, 1.165) is 26.2 Å². The Bertz CT molecular complexity index is 721. The van der Waals surface area contributed by atoms with Crippen LogP contribution in [0.25, 0.3) is 11.0 Å². The Balaban J connectivity index is 1.86. The monoisotopic (exact) mass is 364 g/mol. The molecule has 0 atom stereocenters. The van der Waals surface area contributed by atoms with Gasteiger partial charge in [0.15, 0.2) is 0 Å². The summed E-state index contributed by atoms with van der Waals surface area (Å²) in [5.41, 5.74) is 2.13. The minimum Gasteiger partial charge on any atom is -0.485 e. The zero-order chi connectivity index (χ0) is 13.2. The maximum atomic E-state index is 5.84. The van der Waals surface area contributed by atoms with E-state index in [1.54, 1.807) is 0 Å². The Morgan fingerprint density at radius 3 is 2.63 bits per heavy atom. The third-order valence-corrected chi connectivity index (χ3v) is 3.96. The van der Waals surface area contributed by atoms with E-state index in [9.17, 15) is 0 Å². The van der Waals surface area contributed by atoms with Gasteiger partial charge in [-0.3, -0.25) is 0 Å². The summed E-state index contributed by atoms with van der Waals surface area (Å²) in [6.07, 6.45) is 0. The first-order valence-corrected chi connectivity index (χ1v) is 7.11. The molecular weight excluding hydrogens is 351 g/mol. The van der Waals surface area contributed by atoms with Gasteiger partial charge in [0, 0.05) is 7.05 Å². The summed E-state index contributed by atoms with van der Waals surface area (Å²) in [5.74, 6) is 1.83. The number of hydrogen-bond donors (Lipinski definition) is 0. The van der Waals surface area contributed by atoms with Gasteiger partial charge in [0.2, 0.25) is 0 Å². The van der Waals surface area contributed by atoms with Crippen LogP contribution in [-0.4, -0.2) is 9.55 Å². The molecule has 0 N–H and O–H groups in total. The highest BCUT2D eigenvalue weighted by Crippen LogP contribution is 2.21. The number of ether oxygens (including phenoxy) is 1. The minimum absolute atomic E-state index is 0.477. The lowest BCUT2D eigenvalue weighted by Gasteiger charge is -2.07. The highest BCUT2D eigenvalue weighted by molar-refractivity contribution is 14.1. The molecule has 3 nitrogen and oxygen atoms in total. The van der Waals surface area contributed by atoms with Gasteiger partial charge in [-0.15, -0.1) is 0 Å². The number of aryl methyl sites for hydroxylation is 1. The van der Waals surface area contributed by atoms with E-state index in [-0.39, 0.29) is 0 Å². The molecular formula is C15H13IN2O. The molecule has 0 fully saturated rings. The molecule has 0 saturated carbocycles. The smallest absolute Gasteiger partial charge is 0.147 e. The Kier molecular flexibility index (Phi) is 3.42.